The Balaban J connectivity index is 2.36. The number of hydrogen-bond acceptors (Lipinski definition) is 1. The van der Waals surface area contributed by atoms with E-state index in [1.54, 1.807) is 0 Å². The zero-order valence-corrected chi connectivity index (χ0v) is 8.53. The van der Waals surface area contributed by atoms with E-state index in [9.17, 15) is 8.78 Å². The molecule has 1 heterocycles. The Kier molecular flexibility index (Phi) is 1.87. The fourth-order valence-electron chi connectivity index (χ4n) is 2.33. The summed E-state index contributed by atoms with van der Waals surface area (Å²) < 4.78 is 26.2. The molecular weight excluding hydrogens is 210 g/mol. The van der Waals surface area contributed by atoms with Gasteiger partial charge in [-0.25, -0.2) is 8.78 Å². The fourth-order valence-corrected chi connectivity index (χ4v) is 2.33. The molecule has 2 aromatic rings. The molecule has 0 radical (unpaired) electrons. The van der Waals surface area contributed by atoms with Gasteiger partial charge in [0.1, 0.15) is 0 Å². The number of hydrogen-bond donors (Lipinski definition) is 2. The molecule has 0 aliphatic heterocycles. The number of H-pyrrole nitrogens is 1. The molecule has 0 fully saturated rings. The standard InChI is InChI=1S/C12H10F2N2/c13-8-4-7-6-2-1-3-10(15)12(6)16-11(7)5-9(8)14/h4-5,15-16H,1-3H2. The highest BCUT2D eigenvalue weighted by Gasteiger charge is 2.20. The zero-order chi connectivity index (χ0) is 11.3. The van der Waals surface area contributed by atoms with Crippen molar-refractivity contribution in [2.45, 2.75) is 19.3 Å². The van der Waals surface area contributed by atoms with E-state index in [1.807, 2.05) is 0 Å². The van der Waals surface area contributed by atoms with E-state index in [4.69, 9.17) is 5.41 Å². The smallest absolute Gasteiger partial charge is 0.160 e. The summed E-state index contributed by atoms with van der Waals surface area (Å²) in [7, 11) is 0. The van der Waals surface area contributed by atoms with Gasteiger partial charge in [-0.05, 0) is 30.9 Å². The number of fused-ring (bicyclic) bond motifs is 3. The second-order valence-electron chi connectivity index (χ2n) is 4.12. The van der Waals surface area contributed by atoms with Crippen LogP contribution in [0.25, 0.3) is 10.9 Å². The number of aryl methyl sites for hydroxylation is 1. The summed E-state index contributed by atoms with van der Waals surface area (Å²) in [5, 5.41) is 8.50. The summed E-state index contributed by atoms with van der Waals surface area (Å²) in [5.74, 6) is -1.68. The molecule has 2 nitrogen and oxygen atoms in total. The second-order valence-corrected chi connectivity index (χ2v) is 4.12. The van der Waals surface area contributed by atoms with Crippen LogP contribution < -0.4 is 0 Å². The fraction of sp³-hybridized carbons (Fsp3) is 0.250. The Morgan fingerprint density at radius 1 is 1.12 bits per heavy atom. The normalized spacial score (nSPS) is 15.5. The maximum atomic E-state index is 13.2. The molecule has 2 N–H and O–H groups in total. The van der Waals surface area contributed by atoms with Gasteiger partial charge in [-0.15, -0.1) is 0 Å². The largest absolute Gasteiger partial charge is 0.353 e. The van der Waals surface area contributed by atoms with Crippen molar-refractivity contribution in [3.05, 3.63) is 35.0 Å². The Bertz CT molecular complexity index is 599. The van der Waals surface area contributed by atoms with Crippen LogP contribution in [0.15, 0.2) is 12.1 Å². The highest BCUT2D eigenvalue weighted by Crippen LogP contribution is 2.30. The Morgan fingerprint density at radius 2 is 1.88 bits per heavy atom. The quantitative estimate of drug-likeness (QED) is 0.684. The van der Waals surface area contributed by atoms with E-state index < -0.39 is 11.6 Å². The lowest BCUT2D eigenvalue weighted by atomic mass is 9.94. The first-order chi connectivity index (χ1) is 7.66. The summed E-state index contributed by atoms with van der Waals surface area (Å²) in [6.07, 6.45) is 2.45. The third kappa shape index (κ3) is 1.19. The van der Waals surface area contributed by atoms with Gasteiger partial charge in [0.15, 0.2) is 11.6 Å². The maximum Gasteiger partial charge on any atom is 0.160 e. The Labute approximate surface area is 90.8 Å². The average molecular weight is 220 g/mol. The average Bonchev–Trinajstić information content (AvgIpc) is 2.59. The van der Waals surface area contributed by atoms with Crippen LogP contribution in [0, 0.1) is 17.0 Å². The molecule has 0 saturated carbocycles. The first-order valence-corrected chi connectivity index (χ1v) is 5.24. The topological polar surface area (TPSA) is 39.6 Å². The molecule has 0 unspecified atom stereocenters. The summed E-state index contributed by atoms with van der Waals surface area (Å²) in [6.45, 7) is 0. The van der Waals surface area contributed by atoms with E-state index in [2.05, 4.69) is 4.98 Å². The molecule has 1 aliphatic carbocycles. The molecular formula is C12H10F2N2. The van der Waals surface area contributed by atoms with Crippen LogP contribution in [0.4, 0.5) is 8.78 Å². The third-order valence-electron chi connectivity index (χ3n) is 3.10. The van der Waals surface area contributed by atoms with Gasteiger partial charge in [0.2, 0.25) is 0 Å². The highest BCUT2D eigenvalue weighted by molar-refractivity contribution is 6.04. The summed E-state index contributed by atoms with van der Waals surface area (Å²) >= 11 is 0. The van der Waals surface area contributed by atoms with Crippen molar-refractivity contribution >= 4 is 16.6 Å². The van der Waals surface area contributed by atoms with Crippen LogP contribution in [0.1, 0.15) is 24.1 Å². The van der Waals surface area contributed by atoms with Crippen molar-refractivity contribution in [1.82, 2.24) is 4.98 Å². The number of aromatic nitrogens is 1. The zero-order valence-electron chi connectivity index (χ0n) is 8.53. The number of nitrogens with one attached hydrogen (secondary N) is 2. The summed E-state index contributed by atoms with van der Waals surface area (Å²) in [4.78, 5) is 3.00. The van der Waals surface area contributed by atoms with Crippen LogP contribution in [0.5, 0.6) is 0 Å². The van der Waals surface area contributed by atoms with E-state index >= 15 is 0 Å². The minimum absolute atomic E-state index is 0.526. The maximum absolute atomic E-state index is 13.2. The second kappa shape index (κ2) is 3.14. The lowest BCUT2D eigenvalue weighted by Gasteiger charge is -2.11. The minimum atomic E-state index is -0.849. The summed E-state index contributed by atoms with van der Waals surface area (Å²) in [6, 6.07) is 2.38. The lowest BCUT2D eigenvalue weighted by Crippen LogP contribution is -2.09. The van der Waals surface area contributed by atoms with Crippen molar-refractivity contribution in [3.63, 3.8) is 0 Å². The molecule has 1 aromatic heterocycles. The van der Waals surface area contributed by atoms with Gasteiger partial charge in [-0.3, -0.25) is 0 Å². The number of aromatic amines is 1. The number of halogens is 2. The van der Waals surface area contributed by atoms with Gasteiger partial charge < -0.3 is 10.4 Å². The van der Waals surface area contributed by atoms with Crippen LogP contribution in [-0.4, -0.2) is 10.7 Å². The highest BCUT2D eigenvalue weighted by atomic mass is 19.2. The molecule has 0 spiro atoms. The molecule has 1 aromatic carbocycles. The first-order valence-electron chi connectivity index (χ1n) is 5.24. The predicted octanol–water partition coefficient (Wildman–Crippen LogP) is 3.15. The molecule has 3 rings (SSSR count). The molecule has 0 atom stereocenters. The lowest BCUT2D eigenvalue weighted by molar-refractivity contribution is 0.511. The minimum Gasteiger partial charge on any atom is -0.353 e. The van der Waals surface area contributed by atoms with Crippen LogP contribution >= 0.6 is 0 Å². The molecule has 1 aliphatic rings. The molecule has 82 valence electrons. The number of rotatable bonds is 0. The van der Waals surface area contributed by atoms with Gasteiger partial charge in [-0.1, -0.05) is 0 Å². The van der Waals surface area contributed by atoms with Crippen molar-refractivity contribution in [1.29, 1.82) is 5.41 Å². The van der Waals surface area contributed by atoms with Crippen molar-refractivity contribution in [2.75, 3.05) is 0 Å². The monoisotopic (exact) mass is 220 g/mol. The molecule has 4 heteroatoms. The van der Waals surface area contributed by atoms with E-state index in [0.29, 0.717) is 16.6 Å². The van der Waals surface area contributed by atoms with Crippen LogP contribution in [0.3, 0.4) is 0 Å². The van der Waals surface area contributed by atoms with Gasteiger partial charge in [0.25, 0.3) is 0 Å². The first kappa shape index (κ1) is 9.51. The van der Waals surface area contributed by atoms with E-state index in [-0.39, 0.29) is 0 Å². The van der Waals surface area contributed by atoms with E-state index in [1.165, 1.54) is 6.07 Å². The van der Waals surface area contributed by atoms with E-state index in [0.717, 1.165) is 36.6 Å². The van der Waals surface area contributed by atoms with Gasteiger partial charge >= 0.3 is 0 Å². The van der Waals surface area contributed by atoms with Crippen LogP contribution in [0.2, 0.25) is 0 Å². The molecule has 16 heavy (non-hydrogen) atoms. The van der Waals surface area contributed by atoms with Crippen molar-refractivity contribution in [3.8, 4) is 0 Å². The SMILES string of the molecule is N=C1CCCc2c1[nH]c1cc(F)c(F)cc21. The summed E-state index contributed by atoms with van der Waals surface area (Å²) in [5.41, 5.74) is 2.80. The predicted molar refractivity (Wildman–Crippen MR) is 58.0 cm³/mol. The van der Waals surface area contributed by atoms with Gasteiger partial charge in [-0.2, -0.15) is 0 Å². The molecule has 0 saturated heterocycles. The molecule has 0 bridgehead atoms. The Hall–Kier alpha value is -1.71. The van der Waals surface area contributed by atoms with Gasteiger partial charge in [0.05, 0.1) is 11.4 Å². The van der Waals surface area contributed by atoms with Crippen molar-refractivity contribution in [2.24, 2.45) is 0 Å². The van der Waals surface area contributed by atoms with Crippen molar-refractivity contribution < 1.29 is 8.78 Å². The third-order valence-corrected chi connectivity index (χ3v) is 3.10. The Morgan fingerprint density at radius 3 is 2.69 bits per heavy atom. The molecule has 0 amide bonds. The van der Waals surface area contributed by atoms with Crippen LogP contribution in [-0.2, 0) is 6.42 Å². The van der Waals surface area contributed by atoms with Gasteiger partial charge in [0, 0.05) is 17.0 Å². The number of benzene rings is 1.